The van der Waals surface area contributed by atoms with E-state index < -0.39 is 42.3 Å². The summed E-state index contributed by atoms with van der Waals surface area (Å²) in [7, 11) is 0. The van der Waals surface area contributed by atoms with Crippen molar-refractivity contribution in [2.75, 3.05) is 6.54 Å². The first-order valence-electron chi connectivity index (χ1n) is 7.29. The van der Waals surface area contributed by atoms with Gasteiger partial charge in [-0.15, -0.1) is 0 Å². The molecule has 9 nitrogen and oxygen atoms in total. The predicted molar refractivity (Wildman–Crippen MR) is 81.3 cm³/mol. The molecule has 9 heteroatoms. The Kier molecular flexibility index (Phi) is 5.61. The van der Waals surface area contributed by atoms with Crippen LogP contribution in [0.3, 0.4) is 0 Å². The molecule has 24 heavy (non-hydrogen) atoms. The zero-order chi connectivity index (χ0) is 17.7. The summed E-state index contributed by atoms with van der Waals surface area (Å²) in [5.74, 6) is -2.77. The van der Waals surface area contributed by atoms with Crippen LogP contribution in [0.2, 0.25) is 0 Å². The average molecular weight is 334 g/mol. The number of hydrogen-bond donors (Lipinski definition) is 4. The molecule has 0 saturated carbocycles. The summed E-state index contributed by atoms with van der Waals surface area (Å²) >= 11 is 0. The van der Waals surface area contributed by atoms with Crippen LogP contribution in [0.4, 0.5) is 0 Å². The van der Waals surface area contributed by atoms with Crippen LogP contribution in [-0.4, -0.2) is 52.4 Å². The van der Waals surface area contributed by atoms with Crippen molar-refractivity contribution in [2.45, 2.75) is 24.9 Å². The minimum Gasteiger partial charge on any atom is -0.342 e. The largest absolute Gasteiger partial charge is 0.342 e. The second kappa shape index (κ2) is 7.66. The molecule has 0 spiro atoms. The molecule has 0 aromatic heterocycles. The molecule has 1 aromatic rings. The summed E-state index contributed by atoms with van der Waals surface area (Å²) in [6.07, 6.45) is 0.0412. The number of nitrogens with one attached hydrogen (secondary N) is 2. The quantitative estimate of drug-likeness (QED) is 0.278. The second-order valence-corrected chi connectivity index (χ2v) is 5.41. The van der Waals surface area contributed by atoms with Gasteiger partial charge in [-0.1, -0.05) is 30.3 Å². The van der Waals surface area contributed by atoms with E-state index >= 15 is 0 Å². The second-order valence-electron chi connectivity index (χ2n) is 5.41. The topological polar surface area (TPSA) is 142 Å². The van der Waals surface area contributed by atoms with Crippen LogP contribution in [0.25, 0.3) is 0 Å². The van der Waals surface area contributed by atoms with E-state index in [1.54, 1.807) is 0 Å². The zero-order valence-electron chi connectivity index (χ0n) is 12.8. The number of nitrogens with zero attached hydrogens (tertiary/aromatic N) is 1. The first-order valence-corrected chi connectivity index (χ1v) is 7.29. The molecular weight excluding hydrogens is 316 g/mol. The van der Waals surface area contributed by atoms with Crippen LogP contribution in [0.1, 0.15) is 12.0 Å². The molecular formula is C15H18N4O5. The van der Waals surface area contributed by atoms with Gasteiger partial charge in [0.25, 0.3) is 11.8 Å². The number of rotatable bonds is 6. The lowest BCUT2D eigenvalue weighted by atomic mass is 10.1. The maximum absolute atomic E-state index is 12.1. The molecule has 1 aliphatic rings. The van der Waals surface area contributed by atoms with E-state index in [1.165, 1.54) is 5.48 Å². The molecule has 1 aromatic carbocycles. The third-order valence-electron chi connectivity index (χ3n) is 3.62. The molecule has 2 rings (SSSR count). The van der Waals surface area contributed by atoms with Gasteiger partial charge in [-0.3, -0.25) is 29.3 Å². The number of benzene rings is 1. The summed E-state index contributed by atoms with van der Waals surface area (Å²) in [6, 6.07) is 7.21. The lowest BCUT2D eigenvalue weighted by Crippen LogP contribution is -2.49. The fourth-order valence-electron chi connectivity index (χ4n) is 2.38. The molecule has 128 valence electrons. The molecule has 5 N–H and O–H groups in total. The summed E-state index contributed by atoms with van der Waals surface area (Å²) in [5, 5.41) is 10.9. The van der Waals surface area contributed by atoms with Gasteiger partial charge >= 0.3 is 0 Å². The van der Waals surface area contributed by atoms with Crippen molar-refractivity contribution in [3.63, 3.8) is 0 Å². The highest BCUT2D eigenvalue weighted by Gasteiger charge is 2.40. The van der Waals surface area contributed by atoms with Gasteiger partial charge in [-0.05, 0) is 12.0 Å². The van der Waals surface area contributed by atoms with Gasteiger partial charge in [-0.2, -0.15) is 0 Å². The van der Waals surface area contributed by atoms with Crippen molar-refractivity contribution in [3.05, 3.63) is 35.9 Å². The molecule has 4 amide bonds. The van der Waals surface area contributed by atoms with E-state index in [4.69, 9.17) is 10.9 Å². The van der Waals surface area contributed by atoms with Crippen LogP contribution < -0.4 is 16.5 Å². The van der Waals surface area contributed by atoms with Crippen LogP contribution in [-0.2, 0) is 25.6 Å². The number of carbonyl (C=O) groups is 4. The van der Waals surface area contributed by atoms with Crippen molar-refractivity contribution in [1.29, 1.82) is 0 Å². The van der Waals surface area contributed by atoms with E-state index in [9.17, 15) is 19.2 Å². The SMILES string of the molecule is N[C@@H](Cc1ccccc1)C(=O)N[C@H]1CC(=O)N(CC(=O)NO)C1=O. The Morgan fingerprint density at radius 1 is 1.29 bits per heavy atom. The Balaban J connectivity index is 1.93. The third-order valence-corrected chi connectivity index (χ3v) is 3.62. The predicted octanol–water partition coefficient (Wildman–Crippen LogP) is -1.69. The van der Waals surface area contributed by atoms with Gasteiger partial charge < -0.3 is 11.1 Å². The van der Waals surface area contributed by atoms with Crippen molar-refractivity contribution >= 4 is 23.6 Å². The van der Waals surface area contributed by atoms with E-state index in [0.717, 1.165) is 5.56 Å². The fraction of sp³-hybridized carbons (Fsp3) is 0.333. The first kappa shape index (κ1) is 17.6. The molecule has 1 aliphatic heterocycles. The number of imide groups is 1. The Bertz CT molecular complexity index is 649. The van der Waals surface area contributed by atoms with Gasteiger partial charge in [0.2, 0.25) is 11.8 Å². The summed E-state index contributed by atoms with van der Waals surface area (Å²) < 4.78 is 0. The molecule has 2 atom stereocenters. The maximum Gasteiger partial charge on any atom is 0.263 e. The molecule has 0 radical (unpaired) electrons. The molecule has 1 heterocycles. The fourth-order valence-corrected chi connectivity index (χ4v) is 2.38. The van der Waals surface area contributed by atoms with E-state index in [1.807, 2.05) is 30.3 Å². The van der Waals surface area contributed by atoms with Crippen LogP contribution in [0.15, 0.2) is 30.3 Å². The molecule has 1 fully saturated rings. The number of hydrogen-bond acceptors (Lipinski definition) is 6. The Labute approximate surface area is 137 Å². The third kappa shape index (κ3) is 4.15. The summed E-state index contributed by atoms with van der Waals surface area (Å²) in [4.78, 5) is 47.7. The van der Waals surface area contributed by atoms with Crippen molar-refractivity contribution in [3.8, 4) is 0 Å². The number of hydroxylamine groups is 1. The summed E-state index contributed by atoms with van der Waals surface area (Å²) in [6.45, 7) is -0.601. The van der Waals surface area contributed by atoms with Crippen LogP contribution in [0, 0.1) is 0 Å². The minimum absolute atomic E-state index is 0.249. The standard InChI is InChI=1S/C15H18N4O5/c16-10(6-9-4-2-1-3-5-9)14(22)17-11-7-13(21)19(15(11)23)8-12(20)18-24/h1-5,10-11,24H,6-8,16H2,(H,17,22)(H,18,20)/t10-,11-/m0/s1. The molecule has 0 aliphatic carbocycles. The lowest BCUT2D eigenvalue weighted by molar-refractivity contribution is -0.145. The summed E-state index contributed by atoms with van der Waals surface area (Å²) in [5.41, 5.74) is 8.04. The molecule has 1 saturated heterocycles. The van der Waals surface area contributed by atoms with Crippen LogP contribution >= 0.6 is 0 Å². The maximum atomic E-state index is 12.1. The van der Waals surface area contributed by atoms with Crippen molar-refractivity contribution in [1.82, 2.24) is 15.7 Å². The highest BCUT2D eigenvalue weighted by atomic mass is 16.5. The van der Waals surface area contributed by atoms with Gasteiger partial charge in [-0.25, -0.2) is 5.48 Å². The zero-order valence-corrected chi connectivity index (χ0v) is 12.8. The first-order chi connectivity index (χ1) is 11.4. The highest BCUT2D eigenvalue weighted by Crippen LogP contribution is 2.13. The average Bonchev–Trinajstić information content (AvgIpc) is 2.83. The highest BCUT2D eigenvalue weighted by molar-refractivity contribution is 6.08. The number of likely N-dealkylation sites (tertiary alicyclic amines) is 1. The molecule has 0 bridgehead atoms. The smallest absolute Gasteiger partial charge is 0.263 e. The number of nitrogens with two attached hydrogens (primary N) is 1. The van der Waals surface area contributed by atoms with Gasteiger partial charge in [0, 0.05) is 0 Å². The molecule has 0 unspecified atom stereocenters. The normalized spacial score (nSPS) is 18.4. The van der Waals surface area contributed by atoms with E-state index in [0.29, 0.717) is 4.90 Å². The number of amides is 4. The Morgan fingerprint density at radius 3 is 2.58 bits per heavy atom. The van der Waals surface area contributed by atoms with Crippen LogP contribution in [0.5, 0.6) is 0 Å². The number of carbonyl (C=O) groups excluding carboxylic acids is 4. The van der Waals surface area contributed by atoms with E-state index in [2.05, 4.69) is 5.32 Å². The van der Waals surface area contributed by atoms with E-state index in [-0.39, 0.29) is 12.8 Å². The minimum atomic E-state index is -1.06. The van der Waals surface area contributed by atoms with Crippen molar-refractivity contribution in [2.24, 2.45) is 5.73 Å². The van der Waals surface area contributed by atoms with Gasteiger partial charge in [0.1, 0.15) is 12.6 Å². The lowest BCUT2D eigenvalue weighted by Gasteiger charge is -2.16. The Morgan fingerprint density at radius 2 is 1.96 bits per heavy atom. The monoisotopic (exact) mass is 334 g/mol. The van der Waals surface area contributed by atoms with Crippen molar-refractivity contribution < 1.29 is 24.4 Å². The van der Waals surface area contributed by atoms with Gasteiger partial charge in [0.05, 0.1) is 12.5 Å². The van der Waals surface area contributed by atoms with Gasteiger partial charge in [0.15, 0.2) is 0 Å². The Hall–Kier alpha value is -2.78.